The van der Waals surface area contributed by atoms with Gasteiger partial charge in [0.2, 0.25) is 11.7 Å². The minimum Gasteiger partial charge on any atom is -0.464 e. The van der Waals surface area contributed by atoms with E-state index in [0.29, 0.717) is 44.9 Å². The molecule has 4 aliphatic rings. The number of allylic oxidation sites excluding steroid dienone is 1. The van der Waals surface area contributed by atoms with Gasteiger partial charge >= 0.3 is 11.9 Å². The molecule has 0 aliphatic heterocycles. The van der Waals surface area contributed by atoms with Crippen molar-refractivity contribution in [3.8, 4) is 0 Å². The van der Waals surface area contributed by atoms with Crippen LogP contribution in [0.1, 0.15) is 104 Å². The Balaban J connectivity index is 1.34. The van der Waals surface area contributed by atoms with E-state index < -0.39 is 70.0 Å². The van der Waals surface area contributed by atoms with E-state index in [1.807, 2.05) is 6.92 Å². The Morgan fingerprint density at radius 2 is 1.60 bits per heavy atom. The van der Waals surface area contributed by atoms with E-state index in [9.17, 15) is 54.4 Å². The van der Waals surface area contributed by atoms with Gasteiger partial charge in [0, 0.05) is 18.3 Å². The molecular formula is C35H51N3O15. The Bertz CT molecular complexity index is 1450. The van der Waals surface area contributed by atoms with Gasteiger partial charge in [-0.3, -0.25) is 19.2 Å². The second kappa shape index (κ2) is 17.8. The number of Topliss-reactive ketones (excluding diaryl/α,β-unsaturated/α-hetero) is 1. The van der Waals surface area contributed by atoms with Crippen LogP contribution in [0.15, 0.2) is 11.6 Å². The lowest BCUT2D eigenvalue weighted by Gasteiger charge is -2.60. The zero-order valence-corrected chi connectivity index (χ0v) is 30.3. The van der Waals surface area contributed by atoms with Gasteiger partial charge in [0.25, 0.3) is 10.2 Å². The maximum atomic E-state index is 13.7. The van der Waals surface area contributed by atoms with Crippen LogP contribution < -0.4 is 5.32 Å². The molecule has 4 aliphatic carbocycles. The summed E-state index contributed by atoms with van der Waals surface area (Å²) in [4.78, 5) is 93.4. The lowest BCUT2D eigenvalue weighted by molar-refractivity contribution is -0.757. The monoisotopic (exact) mass is 753 g/mol. The molecule has 3 saturated carbocycles. The number of ether oxygens (including phenoxy) is 2. The van der Waals surface area contributed by atoms with E-state index in [4.69, 9.17) is 9.47 Å². The van der Waals surface area contributed by atoms with E-state index >= 15 is 0 Å². The highest BCUT2D eigenvalue weighted by atomic mass is 17.0. The summed E-state index contributed by atoms with van der Waals surface area (Å²) in [6, 6.07) is -1.50. The van der Waals surface area contributed by atoms with Gasteiger partial charge in [-0.15, -0.1) is 20.2 Å². The van der Waals surface area contributed by atoms with Crippen LogP contribution in [-0.4, -0.2) is 94.0 Å². The van der Waals surface area contributed by atoms with Crippen molar-refractivity contribution in [1.82, 2.24) is 5.32 Å². The Labute approximate surface area is 306 Å². The maximum Gasteiger partial charge on any atom is 0.329 e. The smallest absolute Gasteiger partial charge is 0.329 e. The largest absolute Gasteiger partial charge is 0.464 e. The van der Waals surface area contributed by atoms with Crippen molar-refractivity contribution in [2.75, 3.05) is 26.4 Å². The third-order valence-electron chi connectivity index (χ3n) is 12.1. The molecule has 3 fully saturated rings. The first kappa shape index (κ1) is 41.6. The molecule has 4 rings (SSSR count). The molecule has 18 nitrogen and oxygen atoms in total. The van der Waals surface area contributed by atoms with Gasteiger partial charge in [-0.2, -0.15) is 0 Å². The molecule has 1 amide bonds. The number of hydrogen-bond donors (Lipinski definition) is 3. The van der Waals surface area contributed by atoms with Crippen molar-refractivity contribution in [2.45, 2.75) is 121 Å². The minimum absolute atomic E-state index is 0.0221. The number of nitrogens with zero attached hydrogens (tertiary/aromatic N) is 2. The standard InChI is InChI=1S/C35H51N3O15/c1-33-13-11-23(39)18-22(33)9-10-24-25-12-14-35(45,34(25,2)20-27(40)31(24)33)28(41)21-51-30(43)19-26(32(44)50-15-6-7-17-53-38(48)49)36-29(42)8-4-3-5-16-52-37(46)47/h18,24-27,31,40,45H,3-17,19-21H2,1-2H3,(H,36,42)/t24?,25?,26?,27-,31?,33-,34-,35-/m0/s1. The Hall–Kier alpha value is -4.19. The number of carbonyl (C=O) groups is 5. The number of aliphatic hydroxyl groups excluding tert-OH is 1. The molecule has 53 heavy (non-hydrogen) atoms. The number of amides is 1. The number of carbonyl (C=O) groups excluding carboxylic acids is 5. The van der Waals surface area contributed by atoms with E-state index in [1.165, 1.54) is 0 Å². The molecule has 3 N–H and O–H groups in total. The summed E-state index contributed by atoms with van der Waals surface area (Å²) in [6.45, 7) is 2.57. The summed E-state index contributed by atoms with van der Waals surface area (Å²) in [5.41, 5.74) is -2.17. The predicted octanol–water partition coefficient (Wildman–Crippen LogP) is 2.51. The highest BCUT2D eigenvalue weighted by Gasteiger charge is 2.68. The molecule has 0 heterocycles. The van der Waals surface area contributed by atoms with Crippen LogP contribution in [0.25, 0.3) is 0 Å². The molecule has 0 aromatic carbocycles. The van der Waals surface area contributed by atoms with E-state index in [0.717, 1.165) is 12.0 Å². The van der Waals surface area contributed by atoms with Gasteiger partial charge in [0.05, 0.1) is 32.3 Å². The molecule has 8 atom stereocenters. The quantitative estimate of drug-likeness (QED) is 0.0698. The number of esters is 2. The van der Waals surface area contributed by atoms with Crippen LogP contribution in [-0.2, 0) is 43.1 Å². The first-order valence-electron chi connectivity index (χ1n) is 18.4. The predicted molar refractivity (Wildman–Crippen MR) is 180 cm³/mol. The van der Waals surface area contributed by atoms with E-state index in [1.54, 1.807) is 6.08 Å². The zero-order valence-electron chi connectivity index (χ0n) is 30.3. The third kappa shape index (κ3) is 9.68. The number of aliphatic hydroxyl groups is 2. The van der Waals surface area contributed by atoms with Crippen LogP contribution in [0.5, 0.6) is 0 Å². The first-order valence-corrected chi connectivity index (χ1v) is 18.4. The number of rotatable bonds is 20. The topological polar surface area (TPSA) is 261 Å². The normalized spacial score (nSPS) is 30.7. The van der Waals surface area contributed by atoms with Crippen molar-refractivity contribution in [2.24, 2.45) is 28.6 Å². The van der Waals surface area contributed by atoms with Gasteiger partial charge in [0.15, 0.2) is 12.4 Å². The number of nitrogens with one attached hydrogen (secondary N) is 1. The lowest BCUT2D eigenvalue weighted by atomic mass is 9.45. The van der Waals surface area contributed by atoms with Crippen LogP contribution in [0, 0.1) is 48.8 Å². The first-order chi connectivity index (χ1) is 25.0. The molecule has 0 spiro atoms. The summed E-state index contributed by atoms with van der Waals surface area (Å²) in [7, 11) is 0. The van der Waals surface area contributed by atoms with Crippen molar-refractivity contribution in [3.05, 3.63) is 31.9 Å². The molecular weight excluding hydrogens is 702 g/mol. The molecule has 4 unspecified atom stereocenters. The number of ketones is 2. The van der Waals surface area contributed by atoms with Gasteiger partial charge in [-0.05, 0) is 93.5 Å². The van der Waals surface area contributed by atoms with E-state index in [2.05, 4.69) is 21.9 Å². The summed E-state index contributed by atoms with van der Waals surface area (Å²) in [5.74, 6) is -3.42. The summed E-state index contributed by atoms with van der Waals surface area (Å²) in [5, 5.41) is 44.7. The zero-order chi connectivity index (χ0) is 39.0. The van der Waals surface area contributed by atoms with Crippen molar-refractivity contribution in [1.29, 1.82) is 0 Å². The molecule has 296 valence electrons. The van der Waals surface area contributed by atoms with Crippen molar-refractivity contribution < 1.29 is 63.5 Å². The SMILES string of the molecule is C[C@]12CCC(=O)C=C1CCC1C2[C@@H](O)C[C@@]2(C)C1CC[C@]2(O)C(=O)COC(=O)CC(NC(=O)CCCCCO[N+](=O)[O-])C(=O)OCCCCO[N+](=O)[O-]. The van der Waals surface area contributed by atoms with E-state index in [-0.39, 0.29) is 80.9 Å². The summed E-state index contributed by atoms with van der Waals surface area (Å²) in [6.07, 6.45) is 4.85. The second-order valence-corrected chi connectivity index (χ2v) is 15.2. The fraction of sp³-hybridized carbons (Fsp3) is 0.800. The molecule has 0 aromatic heterocycles. The van der Waals surface area contributed by atoms with Gasteiger partial charge < -0.3 is 34.7 Å². The minimum atomic E-state index is -1.89. The Morgan fingerprint density at radius 1 is 0.943 bits per heavy atom. The van der Waals surface area contributed by atoms with Crippen molar-refractivity contribution >= 4 is 29.4 Å². The Kier molecular flexibility index (Phi) is 13.9. The molecule has 0 saturated heterocycles. The van der Waals surface area contributed by atoms with Gasteiger partial charge in [-0.1, -0.05) is 25.8 Å². The maximum absolute atomic E-state index is 13.7. The highest BCUT2D eigenvalue weighted by Crippen LogP contribution is 2.67. The number of hydrogen-bond acceptors (Lipinski definition) is 15. The van der Waals surface area contributed by atoms with Crippen LogP contribution in [0.2, 0.25) is 0 Å². The van der Waals surface area contributed by atoms with Gasteiger partial charge in [0.1, 0.15) is 11.6 Å². The van der Waals surface area contributed by atoms with Gasteiger partial charge in [-0.25, -0.2) is 4.79 Å². The molecule has 0 bridgehead atoms. The number of unbranched alkanes of at least 4 members (excludes halogenated alkanes) is 3. The number of fused-ring (bicyclic) bond motifs is 5. The average Bonchev–Trinajstić information content (AvgIpc) is 3.36. The van der Waals surface area contributed by atoms with Crippen LogP contribution in [0.3, 0.4) is 0 Å². The summed E-state index contributed by atoms with van der Waals surface area (Å²) < 4.78 is 10.4. The van der Waals surface area contributed by atoms with Crippen LogP contribution >= 0.6 is 0 Å². The van der Waals surface area contributed by atoms with Crippen molar-refractivity contribution in [3.63, 3.8) is 0 Å². The fourth-order valence-corrected chi connectivity index (χ4v) is 9.42. The molecule has 0 radical (unpaired) electrons. The summed E-state index contributed by atoms with van der Waals surface area (Å²) >= 11 is 0. The second-order valence-electron chi connectivity index (χ2n) is 15.2. The highest BCUT2D eigenvalue weighted by molar-refractivity contribution is 5.93. The third-order valence-corrected chi connectivity index (χ3v) is 12.1. The molecule has 18 heteroatoms. The fourth-order valence-electron chi connectivity index (χ4n) is 9.42. The Morgan fingerprint density at radius 3 is 2.28 bits per heavy atom. The lowest BCUT2D eigenvalue weighted by Crippen LogP contribution is -2.62. The van der Waals surface area contributed by atoms with Crippen LogP contribution in [0.4, 0.5) is 0 Å². The molecule has 0 aromatic rings. The average molecular weight is 754 g/mol.